The predicted octanol–water partition coefficient (Wildman–Crippen LogP) is -0.974. The molecule has 0 aromatic carbocycles. The number of hydrogen-bond acceptors (Lipinski definition) is 5. The summed E-state index contributed by atoms with van der Waals surface area (Å²) in [6, 6.07) is 1.59. The normalized spacial score (nSPS) is 10.4. The number of aromatic nitrogens is 5. The second kappa shape index (κ2) is 5.29. The summed E-state index contributed by atoms with van der Waals surface area (Å²) in [5.41, 5.74) is 0.783. The highest BCUT2D eigenvalue weighted by Crippen LogP contribution is 1.96. The first-order valence-corrected chi connectivity index (χ1v) is 5.43. The van der Waals surface area contributed by atoms with Crippen molar-refractivity contribution < 1.29 is 14.7 Å². The molecule has 2 aromatic heterocycles. The van der Waals surface area contributed by atoms with Gasteiger partial charge in [0.05, 0.1) is 12.7 Å². The fraction of sp³-hybridized carbons (Fsp3) is 0.300. The van der Waals surface area contributed by atoms with Gasteiger partial charge in [-0.25, -0.2) is 4.68 Å². The fourth-order valence-electron chi connectivity index (χ4n) is 1.43. The molecule has 0 unspecified atom stereocenters. The molecule has 0 spiro atoms. The van der Waals surface area contributed by atoms with Crippen LogP contribution < -0.4 is 5.32 Å². The van der Waals surface area contributed by atoms with Gasteiger partial charge in [-0.2, -0.15) is 5.10 Å². The van der Waals surface area contributed by atoms with E-state index in [1.165, 1.54) is 15.6 Å². The van der Waals surface area contributed by atoms with Gasteiger partial charge in [-0.05, 0) is 6.07 Å². The third-order valence-corrected chi connectivity index (χ3v) is 2.26. The molecule has 9 heteroatoms. The summed E-state index contributed by atoms with van der Waals surface area (Å²) in [5.74, 6) is -1.33. The van der Waals surface area contributed by atoms with E-state index in [1.807, 2.05) is 0 Å². The molecule has 0 bridgehead atoms. The molecule has 1 amide bonds. The van der Waals surface area contributed by atoms with Crippen molar-refractivity contribution in [3.8, 4) is 0 Å². The monoisotopic (exact) mass is 264 g/mol. The summed E-state index contributed by atoms with van der Waals surface area (Å²) in [5, 5.41) is 22.5. The average Bonchev–Trinajstić information content (AvgIpc) is 2.94. The molecule has 0 aliphatic rings. The minimum Gasteiger partial charge on any atom is -0.480 e. The molecule has 0 aliphatic carbocycles. The lowest BCUT2D eigenvalue weighted by Gasteiger charge is -1.99. The first-order chi connectivity index (χ1) is 9.04. The van der Waals surface area contributed by atoms with E-state index in [0.29, 0.717) is 11.4 Å². The van der Waals surface area contributed by atoms with Gasteiger partial charge >= 0.3 is 5.97 Å². The van der Waals surface area contributed by atoms with Crippen molar-refractivity contribution in [1.29, 1.82) is 0 Å². The van der Waals surface area contributed by atoms with Crippen LogP contribution in [-0.2, 0) is 24.9 Å². The average molecular weight is 264 g/mol. The number of carboxylic acids is 1. The van der Waals surface area contributed by atoms with Crippen LogP contribution in [0.5, 0.6) is 0 Å². The van der Waals surface area contributed by atoms with Crippen LogP contribution in [0.1, 0.15) is 16.2 Å². The summed E-state index contributed by atoms with van der Waals surface area (Å²) < 4.78 is 2.71. The van der Waals surface area contributed by atoms with Gasteiger partial charge in [0.2, 0.25) is 0 Å². The Morgan fingerprint density at radius 2 is 2.26 bits per heavy atom. The Hall–Kier alpha value is -2.71. The first kappa shape index (κ1) is 12.7. The molecule has 0 atom stereocenters. The standard InChI is InChI=1S/C10H12N6O3/c1-15-3-2-8(13-15)10(19)11-4-7-5-16(14-12-7)6-9(17)18/h2-3,5H,4,6H2,1H3,(H,11,19)(H,17,18). The molecule has 0 saturated carbocycles. The highest BCUT2D eigenvalue weighted by atomic mass is 16.4. The Morgan fingerprint density at radius 3 is 2.89 bits per heavy atom. The van der Waals surface area contributed by atoms with Gasteiger partial charge in [0, 0.05) is 13.2 Å². The molecule has 19 heavy (non-hydrogen) atoms. The van der Waals surface area contributed by atoms with E-state index in [9.17, 15) is 9.59 Å². The highest BCUT2D eigenvalue weighted by molar-refractivity contribution is 5.92. The maximum Gasteiger partial charge on any atom is 0.325 e. The van der Waals surface area contributed by atoms with Crippen LogP contribution >= 0.6 is 0 Å². The summed E-state index contributed by atoms with van der Waals surface area (Å²) in [7, 11) is 1.72. The number of hydrogen-bond donors (Lipinski definition) is 2. The highest BCUT2D eigenvalue weighted by Gasteiger charge is 2.10. The zero-order valence-corrected chi connectivity index (χ0v) is 10.1. The van der Waals surface area contributed by atoms with Gasteiger partial charge in [0.25, 0.3) is 5.91 Å². The second-order valence-corrected chi connectivity index (χ2v) is 3.86. The molecule has 0 saturated heterocycles. The van der Waals surface area contributed by atoms with Gasteiger partial charge in [0.15, 0.2) is 0 Å². The van der Waals surface area contributed by atoms with E-state index in [-0.39, 0.29) is 19.0 Å². The number of nitrogens with one attached hydrogen (secondary N) is 1. The van der Waals surface area contributed by atoms with Crippen LogP contribution in [0.15, 0.2) is 18.5 Å². The topological polar surface area (TPSA) is 115 Å². The Balaban J connectivity index is 1.90. The molecule has 9 nitrogen and oxygen atoms in total. The quantitative estimate of drug-likeness (QED) is 0.717. The van der Waals surface area contributed by atoms with Crippen molar-refractivity contribution >= 4 is 11.9 Å². The maximum absolute atomic E-state index is 11.7. The summed E-state index contributed by atoms with van der Waals surface area (Å²) in [6.45, 7) is -0.101. The lowest BCUT2D eigenvalue weighted by atomic mass is 10.4. The Kier molecular flexibility index (Phi) is 3.55. The zero-order chi connectivity index (χ0) is 13.8. The van der Waals surface area contributed by atoms with Crippen molar-refractivity contribution in [2.24, 2.45) is 7.05 Å². The van der Waals surface area contributed by atoms with E-state index in [4.69, 9.17) is 5.11 Å². The number of carboxylic acid groups (broad SMARTS) is 1. The fourth-order valence-corrected chi connectivity index (χ4v) is 1.43. The molecule has 100 valence electrons. The number of rotatable bonds is 5. The summed E-state index contributed by atoms with van der Waals surface area (Å²) >= 11 is 0. The Bertz CT molecular complexity index is 602. The van der Waals surface area contributed by atoms with Crippen molar-refractivity contribution in [2.45, 2.75) is 13.1 Å². The van der Waals surface area contributed by atoms with Gasteiger partial charge in [-0.1, -0.05) is 5.21 Å². The van der Waals surface area contributed by atoms with E-state index >= 15 is 0 Å². The molecular weight excluding hydrogens is 252 g/mol. The maximum atomic E-state index is 11.7. The third kappa shape index (κ3) is 3.37. The van der Waals surface area contributed by atoms with Crippen molar-refractivity contribution in [3.63, 3.8) is 0 Å². The molecule has 2 aromatic rings. The second-order valence-electron chi connectivity index (χ2n) is 3.86. The number of carbonyl (C=O) groups is 2. The molecule has 2 heterocycles. The molecule has 2 rings (SSSR count). The number of aliphatic carboxylic acids is 1. The van der Waals surface area contributed by atoms with E-state index in [2.05, 4.69) is 20.7 Å². The molecular formula is C10H12N6O3. The van der Waals surface area contributed by atoms with Crippen LogP contribution in [0.3, 0.4) is 0 Å². The lowest BCUT2D eigenvalue weighted by molar-refractivity contribution is -0.137. The Labute approximate surface area is 107 Å². The van der Waals surface area contributed by atoms with Crippen LogP contribution in [0.4, 0.5) is 0 Å². The van der Waals surface area contributed by atoms with E-state index < -0.39 is 5.97 Å². The minimum atomic E-state index is -1.01. The summed E-state index contributed by atoms with van der Waals surface area (Å²) in [6.07, 6.45) is 3.13. The van der Waals surface area contributed by atoms with Gasteiger partial charge < -0.3 is 10.4 Å². The molecule has 2 N–H and O–H groups in total. The molecule has 0 aliphatic heterocycles. The lowest BCUT2D eigenvalue weighted by Crippen LogP contribution is -2.23. The van der Waals surface area contributed by atoms with Crippen molar-refractivity contribution in [1.82, 2.24) is 30.1 Å². The number of nitrogens with zero attached hydrogens (tertiary/aromatic N) is 5. The van der Waals surface area contributed by atoms with Crippen LogP contribution in [-0.4, -0.2) is 41.8 Å². The van der Waals surface area contributed by atoms with Crippen molar-refractivity contribution in [2.75, 3.05) is 0 Å². The minimum absolute atomic E-state index is 0.162. The predicted molar refractivity (Wildman–Crippen MR) is 62.0 cm³/mol. The summed E-state index contributed by atoms with van der Waals surface area (Å²) in [4.78, 5) is 22.1. The molecule has 0 fully saturated rings. The van der Waals surface area contributed by atoms with Crippen LogP contribution in [0.25, 0.3) is 0 Å². The van der Waals surface area contributed by atoms with Crippen LogP contribution in [0.2, 0.25) is 0 Å². The van der Waals surface area contributed by atoms with Gasteiger partial charge in [0.1, 0.15) is 17.9 Å². The molecule has 0 radical (unpaired) electrons. The van der Waals surface area contributed by atoms with Crippen molar-refractivity contribution in [3.05, 3.63) is 29.8 Å². The van der Waals surface area contributed by atoms with Crippen LogP contribution in [0, 0.1) is 0 Å². The largest absolute Gasteiger partial charge is 0.480 e. The van der Waals surface area contributed by atoms with E-state index in [1.54, 1.807) is 19.3 Å². The number of aryl methyl sites for hydroxylation is 1. The van der Waals surface area contributed by atoms with Gasteiger partial charge in [-0.3, -0.25) is 14.3 Å². The zero-order valence-electron chi connectivity index (χ0n) is 10.1. The van der Waals surface area contributed by atoms with E-state index in [0.717, 1.165) is 0 Å². The number of carbonyl (C=O) groups excluding carboxylic acids is 1. The first-order valence-electron chi connectivity index (χ1n) is 5.43. The number of amides is 1. The SMILES string of the molecule is Cn1ccc(C(=O)NCc2cn(CC(=O)O)nn2)n1. The Morgan fingerprint density at radius 1 is 1.47 bits per heavy atom. The smallest absolute Gasteiger partial charge is 0.325 e. The van der Waals surface area contributed by atoms with Gasteiger partial charge in [-0.15, -0.1) is 5.10 Å². The third-order valence-electron chi connectivity index (χ3n) is 2.26.